The number of amides is 1. The molecule has 174 valence electrons. The van der Waals surface area contributed by atoms with Crippen LogP contribution < -0.4 is 9.62 Å². The van der Waals surface area contributed by atoms with Gasteiger partial charge < -0.3 is 5.32 Å². The van der Waals surface area contributed by atoms with E-state index >= 15 is 0 Å². The molecule has 0 unspecified atom stereocenters. The molecule has 3 rings (SSSR count). The lowest BCUT2D eigenvalue weighted by Crippen LogP contribution is -2.41. The summed E-state index contributed by atoms with van der Waals surface area (Å²) in [5.41, 5.74) is 2.04. The largest absolute Gasteiger partial charge is 0.348 e. The van der Waals surface area contributed by atoms with Gasteiger partial charge in [0.2, 0.25) is 5.91 Å². The summed E-state index contributed by atoms with van der Waals surface area (Å²) >= 11 is 0. The summed E-state index contributed by atoms with van der Waals surface area (Å²) in [5.74, 6) is -0.491. The standard InChI is InChI=1S/C24H26N2O5S2/c1-18-9-13-21(14-10-18)26(33(30,31)23-7-5-4-6-8-23)17-24(27)25-19(2)20-11-15-22(16-12-20)32(3,28)29/h4-16,19H,17H2,1-3H3,(H,25,27)/t19-/m0/s1. The van der Waals surface area contributed by atoms with Gasteiger partial charge in [0.05, 0.1) is 21.5 Å². The molecular weight excluding hydrogens is 460 g/mol. The van der Waals surface area contributed by atoms with Gasteiger partial charge in [0.25, 0.3) is 10.0 Å². The minimum atomic E-state index is -3.98. The lowest BCUT2D eigenvalue weighted by molar-refractivity contribution is -0.120. The molecule has 7 nitrogen and oxygen atoms in total. The number of rotatable bonds is 8. The number of anilines is 1. The first-order valence-corrected chi connectivity index (χ1v) is 13.6. The Morgan fingerprint density at radius 1 is 0.848 bits per heavy atom. The molecule has 0 aliphatic carbocycles. The molecule has 0 saturated carbocycles. The zero-order valence-corrected chi connectivity index (χ0v) is 20.2. The Kier molecular flexibility index (Phi) is 7.24. The maximum atomic E-state index is 13.3. The highest BCUT2D eigenvalue weighted by Crippen LogP contribution is 2.24. The van der Waals surface area contributed by atoms with Gasteiger partial charge in [0, 0.05) is 6.26 Å². The second kappa shape index (κ2) is 9.76. The van der Waals surface area contributed by atoms with Crippen LogP contribution in [0.5, 0.6) is 0 Å². The number of carbonyl (C=O) groups excluding carboxylic acids is 1. The van der Waals surface area contributed by atoms with Gasteiger partial charge in [0.15, 0.2) is 9.84 Å². The number of sulfonamides is 1. The van der Waals surface area contributed by atoms with Gasteiger partial charge in [-0.3, -0.25) is 9.10 Å². The topological polar surface area (TPSA) is 101 Å². The highest BCUT2D eigenvalue weighted by molar-refractivity contribution is 7.93. The van der Waals surface area contributed by atoms with Crippen molar-refractivity contribution in [3.05, 3.63) is 90.0 Å². The highest BCUT2D eigenvalue weighted by atomic mass is 32.2. The first-order chi connectivity index (χ1) is 15.5. The van der Waals surface area contributed by atoms with E-state index in [4.69, 9.17) is 0 Å². The Balaban J connectivity index is 1.84. The number of nitrogens with zero attached hydrogens (tertiary/aromatic N) is 1. The van der Waals surface area contributed by atoms with Crippen LogP contribution >= 0.6 is 0 Å². The lowest BCUT2D eigenvalue weighted by atomic mass is 10.1. The van der Waals surface area contributed by atoms with Crippen molar-refractivity contribution in [2.24, 2.45) is 0 Å². The van der Waals surface area contributed by atoms with E-state index in [-0.39, 0.29) is 9.79 Å². The molecule has 1 amide bonds. The molecule has 0 aromatic heterocycles. The van der Waals surface area contributed by atoms with Crippen molar-refractivity contribution in [2.75, 3.05) is 17.1 Å². The average molecular weight is 487 g/mol. The van der Waals surface area contributed by atoms with Gasteiger partial charge in [-0.25, -0.2) is 16.8 Å². The number of aryl methyl sites for hydroxylation is 1. The third-order valence-electron chi connectivity index (χ3n) is 5.13. The van der Waals surface area contributed by atoms with Crippen molar-refractivity contribution >= 4 is 31.5 Å². The van der Waals surface area contributed by atoms with Crippen LogP contribution in [0, 0.1) is 6.92 Å². The van der Waals surface area contributed by atoms with Gasteiger partial charge in [-0.1, -0.05) is 48.0 Å². The molecule has 9 heteroatoms. The first kappa shape index (κ1) is 24.5. The van der Waals surface area contributed by atoms with Crippen molar-refractivity contribution in [1.82, 2.24) is 5.32 Å². The fourth-order valence-electron chi connectivity index (χ4n) is 3.25. The summed E-state index contributed by atoms with van der Waals surface area (Å²) < 4.78 is 51.0. The molecule has 0 heterocycles. The van der Waals surface area contributed by atoms with Crippen LogP contribution in [0.3, 0.4) is 0 Å². The maximum absolute atomic E-state index is 13.3. The Hall–Kier alpha value is -3.17. The Morgan fingerprint density at radius 2 is 1.42 bits per heavy atom. The highest BCUT2D eigenvalue weighted by Gasteiger charge is 2.27. The van der Waals surface area contributed by atoms with Crippen molar-refractivity contribution in [1.29, 1.82) is 0 Å². The molecule has 0 aliphatic rings. The molecule has 0 spiro atoms. The minimum absolute atomic E-state index is 0.0859. The van der Waals surface area contributed by atoms with E-state index in [1.54, 1.807) is 61.5 Å². The van der Waals surface area contributed by atoms with Crippen LogP contribution in [0.2, 0.25) is 0 Å². The van der Waals surface area contributed by atoms with Gasteiger partial charge in [0.1, 0.15) is 6.54 Å². The number of sulfone groups is 1. The summed E-state index contributed by atoms with van der Waals surface area (Å²) in [6.45, 7) is 3.23. The first-order valence-electron chi connectivity index (χ1n) is 10.2. The van der Waals surface area contributed by atoms with E-state index in [0.29, 0.717) is 11.3 Å². The van der Waals surface area contributed by atoms with Crippen LogP contribution in [0.25, 0.3) is 0 Å². The van der Waals surface area contributed by atoms with Crippen LogP contribution in [0.15, 0.2) is 88.7 Å². The number of nitrogens with one attached hydrogen (secondary N) is 1. The molecule has 0 fully saturated rings. The third kappa shape index (κ3) is 6.00. The SMILES string of the molecule is Cc1ccc(N(CC(=O)N[C@@H](C)c2ccc(S(C)(=O)=O)cc2)S(=O)(=O)c2ccccc2)cc1. The molecule has 1 N–H and O–H groups in total. The molecule has 1 atom stereocenters. The van der Waals surface area contributed by atoms with E-state index in [9.17, 15) is 21.6 Å². The van der Waals surface area contributed by atoms with Crippen LogP contribution in [-0.4, -0.2) is 35.5 Å². The van der Waals surface area contributed by atoms with Crippen molar-refractivity contribution in [2.45, 2.75) is 29.7 Å². The Labute approximate surface area is 195 Å². The zero-order valence-electron chi connectivity index (χ0n) is 18.6. The summed E-state index contributed by atoms with van der Waals surface area (Å²) in [4.78, 5) is 13.1. The lowest BCUT2D eigenvalue weighted by Gasteiger charge is -2.25. The minimum Gasteiger partial charge on any atom is -0.348 e. The van der Waals surface area contributed by atoms with Crippen molar-refractivity contribution in [3.8, 4) is 0 Å². The van der Waals surface area contributed by atoms with E-state index in [2.05, 4.69) is 5.32 Å². The molecule has 0 radical (unpaired) electrons. The summed E-state index contributed by atoms with van der Waals surface area (Å²) in [6.07, 6.45) is 1.13. The molecule has 0 aliphatic heterocycles. The number of hydrogen-bond acceptors (Lipinski definition) is 5. The quantitative estimate of drug-likeness (QED) is 0.525. The molecule has 0 bridgehead atoms. The second-order valence-electron chi connectivity index (χ2n) is 7.79. The smallest absolute Gasteiger partial charge is 0.264 e. The fraction of sp³-hybridized carbons (Fsp3) is 0.208. The predicted octanol–water partition coefficient (Wildman–Crippen LogP) is 3.47. The second-order valence-corrected chi connectivity index (χ2v) is 11.7. The van der Waals surface area contributed by atoms with Gasteiger partial charge in [-0.15, -0.1) is 0 Å². The summed E-state index contributed by atoms with van der Waals surface area (Å²) in [5, 5.41) is 2.80. The van der Waals surface area contributed by atoms with Crippen molar-refractivity contribution < 1.29 is 21.6 Å². The van der Waals surface area contributed by atoms with Crippen LogP contribution in [0.4, 0.5) is 5.69 Å². The van der Waals surface area contributed by atoms with E-state index in [0.717, 1.165) is 16.1 Å². The zero-order chi connectivity index (χ0) is 24.2. The molecule has 3 aromatic carbocycles. The van der Waals surface area contributed by atoms with Crippen LogP contribution in [0.1, 0.15) is 24.1 Å². The number of carbonyl (C=O) groups is 1. The monoisotopic (exact) mass is 486 g/mol. The predicted molar refractivity (Wildman–Crippen MR) is 128 cm³/mol. The molecule has 33 heavy (non-hydrogen) atoms. The molecule has 3 aromatic rings. The number of hydrogen-bond donors (Lipinski definition) is 1. The van der Waals surface area contributed by atoms with Gasteiger partial charge in [-0.2, -0.15) is 0 Å². The maximum Gasteiger partial charge on any atom is 0.264 e. The van der Waals surface area contributed by atoms with E-state index < -0.39 is 38.4 Å². The molecule has 0 saturated heterocycles. The normalized spacial score (nSPS) is 12.7. The van der Waals surface area contributed by atoms with Gasteiger partial charge >= 0.3 is 0 Å². The molecular formula is C24H26N2O5S2. The third-order valence-corrected chi connectivity index (χ3v) is 8.04. The summed E-state index contributed by atoms with van der Waals surface area (Å²) in [7, 11) is -7.30. The van der Waals surface area contributed by atoms with E-state index in [1.165, 1.54) is 24.3 Å². The van der Waals surface area contributed by atoms with Crippen molar-refractivity contribution in [3.63, 3.8) is 0 Å². The van der Waals surface area contributed by atoms with Crippen LogP contribution in [-0.2, 0) is 24.7 Å². The Morgan fingerprint density at radius 3 is 1.97 bits per heavy atom. The fourth-order valence-corrected chi connectivity index (χ4v) is 5.32. The van der Waals surface area contributed by atoms with Gasteiger partial charge in [-0.05, 0) is 55.8 Å². The summed E-state index contributed by atoms with van der Waals surface area (Å²) in [6, 6.07) is 20.6. The average Bonchev–Trinajstić information content (AvgIpc) is 2.78. The van der Waals surface area contributed by atoms with E-state index in [1.807, 2.05) is 6.92 Å². The Bertz CT molecular complexity index is 1320. The number of benzene rings is 3.